The van der Waals surface area contributed by atoms with E-state index in [0.717, 1.165) is 70.1 Å². The lowest BCUT2D eigenvalue weighted by Crippen LogP contribution is -2.49. The summed E-state index contributed by atoms with van der Waals surface area (Å²) >= 11 is 0. The number of anilines is 1. The Morgan fingerprint density at radius 1 is 1.07 bits per heavy atom. The molecule has 0 atom stereocenters. The number of aryl methyl sites for hydroxylation is 2. The van der Waals surface area contributed by atoms with Crippen molar-refractivity contribution in [2.45, 2.75) is 64.0 Å². The lowest BCUT2D eigenvalue weighted by Gasteiger charge is -2.34. The molecule has 2 N–H and O–H groups in total. The number of nitrogens with zero attached hydrogens (tertiary/aromatic N) is 5. The summed E-state index contributed by atoms with van der Waals surface area (Å²) in [7, 11) is 1.85. The van der Waals surface area contributed by atoms with Crippen molar-refractivity contribution >= 4 is 11.6 Å². The van der Waals surface area contributed by atoms with E-state index in [9.17, 15) is 0 Å². The predicted molar refractivity (Wildman–Crippen MR) is 122 cm³/mol. The summed E-state index contributed by atoms with van der Waals surface area (Å²) in [5.74, 6) is 3.23. The molecular weight excluding hydrogens is 374 g/mol. The molecule has 1 aromatic carbocycles. The lowest BCUT2D eigenvalue weighted by molar-refractivity contribution is 0.461. The molecule has 1 aromatic heterocycles. The third-order valence-electron chi connectivity index (χ3n) is 6.24. The monoisotopic (exact) mass is 409 g/mol. The molecule has 0 saturated carbocycles. The van der Waals surface area contributed by atoms with Crippen LogP contribution in [0.25, 0.3) is 0 Å². The third kappa shape index (κ3) is 5.32. The van der Waals surface area contributed by atoms with Crippen molar-refractivity contribution in [2.24, 2.45) is 4.99 Å². The molecule has 7 heteroatoms. The first kappa shape index (κ1) is 20.7. The number of para-hydroxylation sites is 1. The number of guanidine groups is 1. The topological polar surface area (TPSA) is 70.4 Å². The third-order valence-corrected chi connectivity index (χ3v) is 6.24. The smallest absolute Gasteiger partial charge is 0.191 e. The average Bonchev–Trinajstić information content (AvgIpc) is 3.02. The van der Waals surface area contributed by atoms with Crippen molar-refractivity contribution in [3.8, 4) is 0 Å². The zero-order chi connectivity index (χ0) is 20.6. The van der Waals surface area contributed by atoms with E-state index < -0.39 is 0 Å². The van der Waals surface area contributed by atoms with Crippen LogP contribution in [0, 0.1) is 0 Å². The van der Waals surface area contributed by atoms with Gasteiger partial charge in [-0.2, -0.15) is 0 Å². The van der Waals surface area contributed by atoms with E-state index in [0.29, 0.717) is 6.04 Å². The summed E-state index contributed by atoms with van der Waals surface area (Å²) in [6.07, 6.45) is 9.12. The number of aliphatic imine (C=N–C) groups is 1. The molecule has 162 valence electrons. The summed E-state index contributed by atoms with van der Waals surface area (Å²) in [6.45, 7) is 4.13. The van der Waals surface area contributed by atoms with Gasteiger partial charge in [-0.05, 0) is 44.2 Å². The number of hydrogen-bond donors (Lipinski definition) is 2. The lowest BCUT2D eigenvalue weighted by atomic mass is 10.0. The first-order valence-electron chi connectivity index (χ1n) is 11.5. The molecular formula is C23H35N7. The number of aromatic nitrogens is 3. The SMILES string of the molecule is CN=C(NCCCc1nnc2n1CCCCC2)NC1CCN(c2ccccc2)CC1. The van der Waals surface area contributed by atoms with Crippen LogP contribution >= 0.6 is 0 Å². The number of benzene rings is 1. The molecule has 0 spiro atoms. The average molecular weight is 410 g/mol. The van der Waals surface area contributed by atoms with E-state index in [1.807, 2.05) is 7.05 Å². The van der Waals surface area contributed by atoms with Gasteiger partial charge in [0.15, 0.2) is 5.96 Å². The van der Waals surface area contributed by atoms with E-state index >= 15 is 0 Å². The Hall–Kier alpha value is -2.57. The zero-order valence-corrected chi connectivity index (χ0v) is 18.2. The van der Waals surface area contributed by atoms with Crippen molar-refractivity contribution in [1.82, 2.24) is 25.4 Å². The van der Waals surface area contributed by atoms with E-state index in [4.69, 9.17) is 0 Å². The van der Waals surface area contributed by atoms with Gasteiger partial charge in [-0.15, -0.1) is 10.2 Å². The minimum absolute atomic E-state index is 0.475. The molecule has 1 saturated heterocycles. The highest BCUT2D eigenvalue weighted by Gasteiger charge is 2.20. The van der Waals surface area contributed by atoms with Gasteiger partial charge in [-0.1, -0.05) is 24.6 Å². The van der Waals surface area contributed by atoms with Crippen molar-refractivity contribution in [3.63, 3.8) is 0 Å². The highest BCUT2D eigenvalue weighted by Crippen LogP contribution is 2.19. The Morgan fingerprint density at radius 3 is 2.70 bits per heavy atom. The largest absolute Gasteiger partial charge is 0.371 e. The fourth-order valence-corrected chi connectivity index (χ4v) is 4.49. The van der Waals surface area contributed by atoms with Crippen molar-refractivity contribution < 1.29 is 0 Å². The second kappa shape index (κ2) is 10.5. The van der Waals surface area contributed by atoms with Gasteiger partial charge in [0.2, 0.25) is 0 Å². The number of nitrogens with one attached hydrogen (secondary N) is 2. The molecule has 4 rings (SSSR count). The summed E-state index contributed by atoms with van der Waals surface area (Å²) in [4.78, 5) is 6.89. The van der Waals surface area contributed by atoms with Gasteiger partial charge in [0.05, 0.1) is 0 Å². The van der Waals surface area contributed by atoms with Gasteiger partial charge in [0, 0.05) is 57.8 Å². The first-order valence-corrected chi connectivity index (χ1v) is 11.5. The number of rotatable bonds is 6. The fourth-order valence-electron chi connectivity index (χ4n) is 4.49. The quantitative estimate of drug-likeness (QED) is 0.436. The summed E-state index contributed by atoms with van der Waals surface area (Å²) in [5.41, 5.74) is 1.32. The normalized spacial score (nSPS) is 18.0. The number of fused-ring (bicyclic) bond motifs is 1. The number of hydrogen-bond acceptors (Lipinski definition) is 4. The second-order valence-corrected chi connectivity index (χ2v) is 8.34. The van der Waals surface area contributed by atoms with Gasteiger partial charge in [0.25, 0.3) is 0 Å². The molecule has 30 heavy (non-hydrogen) atoms. The van der Waals surface area contributed by atoms with Gasteiger partial charge in [-0.25, -0.2) is 0 Å². The highest BCUT2D eigenvalue weighted by atomic mass is 15.3. The Morgan fingerprint density at radius 2 is 1.90 bits per heavy atom. The molecule has 0 amide bonds. The molecule has 0 radical (unpaired) electrons. The van der Waals surface area contributed by atoms with Gasteiger partial charge in [-0.3, -0.25) is 4.99 Å². The Balaban J connectivity index is 1.18. The Bertz CT molecular complexity index is 806. The fraction of sp³-hybridized carbons (Fsp3) is 0.609. The summed E-state index contributed by atoms with van der Waals surface area (Å²) < 4.78 is 2.35. The summed E-state index contributed by atoms with van der Waals surface area (Å²) in [6, 6.07) is 11.2. The van der Waals surface area contributed by atoms with Crippen molar-refractivity contribution in [1.29, 1.82) is 0 Å². The zero-order valence-electron chi connectivity index (χ0n) is 18.2. The van der Waals surface area contributed by atoms with Crippen molar-refractivity contribution in [2.75, 3.05) is 31.6 Å². The van der Waals surface area contributed by atoms with Gasteiger partial charge < -0.3 is 20.1 Å². The van der Waals surface area contributed by atoms with Crippen LogP contribution in [-0.4, -0.2) is 53.4 Å². The van der Waals surface area contributed by atoms with Crippen LogP contribution in [0.1, 0.15) is 50.2 Å². The standard InChI is InChI=1S/C23H35N7/c1-24-23(26-19-13-17-29(18-14-19)20-9-4-2-5-10-20)25-15-8-12-22-28-27-21-11-6-3-7-16-30(21)22/h2,4-5,9-10,19H,3,6-8,11-18H2,1H3,(H2,24,25,26). The summed E-state index contributed by atoms with van der Waals surface area (Å²) in [5, 5.41) is 15.9. The van der Waals surface area contributed by atoms with Crippen LogP contribution in [0.2, 0.25) is 0 Å². The molecule has 2 aromatic rings. The maximum Gasteiger partial charge on any atom is 0.191 e. The molecule has 2 aliphatic rings. The maximum absolute atomic E-state index is 4.44. The first-order chi connectivity index (χ1) is 14.8. The molecule has 3 heterocycles. The Kier molecular flexibility index (Phi) is 7.21. The Labute approximate surface area is 180 Å². The molecule has 7 nitrogen and oxygen atoms in total. The minimum Gasteiger partial charge on any atom is -0.371 e. The van der Waals surface area contributed by atoms with Gasteiger partial charge >= 0.3 is 0 Å². The maximum atomic E-state index is 4.44. The van der Waals surface area contributed by atoms with Crippen LogP contribution in [0.3, 0.4) is 0 Å². The van der Waals surface area contributed by atoms with E-state index in [-0.39, 0.29) is 0 Å². The molecule has 0 unspecified atom stereocenters. The predicted octanol–water partition coefficient (Wildman–Crippen LogP) is 2.77. The van der Waals surface area contributed by atoms with Crippen LogP contribution in [-0.2, 0) is 19.4 Å². The molecule has 1 fully saturated rings. The van der Waals surface area contributed by atoms with Gasteiger partial charge in [0.1, 0.15) is 11.6 Å². The van der Waals surface area contributed by atoms with Crippen molar-refractivity contribution in [3.05, 3.63) is 42.0 Å². The second-order valence-electron chi connectivity index (χ2n) is 8.34. The van der Waals surface area contributed by atoms with Crippen LogP contribution in [0.15, 0.2) is 35.3 Å². The minimum atomic E-state index is 0.475. The molecule has 0 bridgehead atoms. The van der Waals surface area contributed by atoms with E-state index in [1.54, 1.807) is 0 Å². The number of piperidine rings is 1. The van der Waals surface area contributed by atoms with Crippen LogP contribution < -0.4 is 15.5 Å². The molecule has 2 aliphatic heterocycles. The van der Waals surface area contributed by atoms with E-state index in [2.05, 4.69) is 65.6 Å². The molecule has 0 aliphatic carbocycles. The highest BCUT2D eigenvalue weighted by molar-refractivity contribution is 5.79. The van der Waals surface area contributed by atoms with E-state index in [1.165, 1.54) is 30.8 Å². The van der Waals surface area contributed by atoms with Crippen LogP contribution in [0.4, 0.5) is 5.69 Å². The van der Waals surface area contributed by atoms with Crippen LogP contribution in [0.5, 0.6) is 0 Å².